The minimum atomic E-state index is -0.101. The Hall–Kier alpha value is -4.03. The molecule has 2 amide bonds. The van der Waals surface area contributed by atoms with Crippen LogP contribution in [0, 0.1) is 11.3 Å². The third-order valence-corrected chi connectivity index (χ3v) is 7.35. The maximum atomic E-state index is 12.9. The first-order chi connectivity index (χ1) is 16.6. The largest absolute Gasteiger partial charge is 0.347 e. The van der Waals surface area contributed by atoms with E-state index >= 15 is 0 Å². The number of benzene rings is 1. The highest BCUT2D eigenvalue weighted by atomic mass is 32.1. The molecule has 0 aliphatic carbocycles. The number of hydrogen-bond acceptors (Lipinski definition) is 6. The lowest BCUT2D eigenvalue weighted by atomic mass is 9.94. The summed E-state index contributed by atoms with van der Waals surface area (Å²) >= 11 is 1.51. The van der Waals surface area contributed by atoms with Gasteiger partial charge in [0.15, 0.2) is 5.65 Å². The van der Waals surface area contributed by atoms with E-state index in [-0.39, 0.29) is 11.8 Å². The molecule has 1 N–H and O–H groups in total. The summed E-state index contributed by atoms with van der Waals surface area (Å²) < 4.78 is 1.68. The van der Waals surface area contributed by atoms with Crippen molar-refractivity contribution in [2.75, 3.05) is 13.1 Å². The van der Waals surface area contributed by atoms with Crippen molar-refractivity contribution in [2.24, 2.45) is 0 Å². The molecule has 0 bridgehead atoms. The molecule has 0 radical (unpaired) electrons. The molecule has 4 heterocycles. The quantitative estimate of drug-likeness (QED) is 0.480. The van der Waals surface area contributed by atoms with Crippen LogP contribution >= 0.6 is 11.3 Å². The molecular weight excluding hydrogens is 448 g/mol. The molecule has 5 rings (SSSR count). The van der Waals surface area contributed by atoms with Gasteiger partial charge in [-0.1, -0.05) is 18.2 Å². The molecule has 170 valence electrons. The molecule has 1 fully saturated rings. The van der Waals surface area contributed by atoms with E-state index in [9.17, 15) is 14.9 Å². The van der Waals surface area contributed by atoms with E-state index in [0.717, 1.165) is 24.1 Å². The summed E-state index contributed by atoms with van der Waals surface area (Å²) in [4.78, 5) is 33.3. The zero-order chi connectivity index (χ0) is 23.5. The summed E-state index contributed by atoms with van der Waals surface area (Å²) in [6.07, 6.45) is 5.02. The standard InChI is InChI=1S/C25H22N6O2S/c26-13-19-3-1-2-4-20(19)25(33)30-11-9-18(10-12-30)21-6-7-22(34-21)24(32)27-14-17-5-8-23-28-16-29-31(23)15-17/h1-8,15-16,18H,9-12,14H2,(H,27,32). The molecule has 1 saturated heterocycles. The second kappa shape index (κ2) is 9.45. The predicted octanol–water partition coefficient (Wildman–Crippen LogP) is 3.61. The Kier molecular flexibility index (Phi) is 6.06. The van der Waals surface area contributed by atoms with Gasteiger partial charge in [0, 0.05) is 30.7 Å². The summed E-state index contributed by atoms with van der Waals surface area (Å²) in [5.41, 5.74) is 2.57. The Morgan fingerprint density at radius 1 is 1.12 bits per heavy atom. The number of carbonyl (C=O) groups excluding carboxylic acids is 2. The van der Waals surface area contributed by atoms with Crippen molar-refractivity contribution in [3.8, 4) is 6.07 Å². The lowest BCUT2D eigenvalue weighted by Crippen LogP contribution is -2.38. The number of aromatic nitrogens is 3. The Bertz CT molecular complexity index is 1390. The second-order valence-electron chi connectivity index (χ2n) is 8.21. The number of amides is 2. The molecule has 9 heteroatoms. The normalized spacial score (nSPS) is 14.1. The van der Waals surface area contributed by atoms with Crippen LogP contribution < -0.4 is 5.32 Å². The maximum absolute atomic E-state index is 12.9. The fourth-order valence-corrected chi connectivity index (χ4v) is 5.33. The predicted molar refractivity (Wildman–Crippen MR) is 128 cm³/mol. The van der Waals surface area contributed by atoms with Crippen LogP contribution in [0.25, 0.3) is 5.65 Å². The first-order valence-electron chi connectivity index (χ1n) is 11.1. The van der Waals surface area contributed by atoms with Gasteiger partial charge in [0.2, 0.25) is 0 Å². The molecular formula is C25H22N6O2S. The SMILES string of the molecule is N#Cc1ccccc1C(=O)N1CCC(c2ccc(C(=O)NCc3ccc4ncnn4c3)s2)CC1. The molecule has 0 atom stereocenters. The smallest absolute Gasteiger partial charge is 0.261 e. The maximum Gasteiger partial charge on any atom is 0.261 e. The Balaban J connectivity index is 1.17. The highest BCUT2D eigenvalue weighted by molar-refractivity contribution is 7.14. The first-order valence-corrected chi connectivity index (χ1v) is 11.9. The lowest BCUT2D eigenvalue weighted by molar-refractivity contribution is 0.0713. The topological polar surface area (TPSA) is 103 Å². The van der Waals surface area contributed by atoms with Crippen LogP contribution in [0.4, 0.5) is 0 Å². The van der Waals surface area contributed by atoms with Crippen LogP contribution in [0.1, 0.15) is 54.8 Å². The summed E-state index contributed by atoms with van der Waals surface area (Å²) in [5.74, 6) is 0.123. The number of nitrogens with zero attached hydrogens (tertiary/aromatic N) is 5. The molecule has 1 aromatic carbocycles. The van der Waals surface area contributed by atoms with Crippen LogP contribution in [0.5, 0.6) is 0 Å². The van der Waals surface area contributed by atoms with Crippen LogP contribution in [0.3, 0.4) is 0 Å². The molecule has 0 spiro atoms. The Morgan fingerprint density at radius 2 is 1.94 bits per heavy atom. The Morgan fingerprint density at radius 3 is 2.76 bits per heavy atom. The van der Waals surface area contributed by atoms with E-state index in [0.29, 0.717) is 41.6 Å². The van der Waals surface area contributed by atoms with Gasteiger partial charge >= 0.3 is 0 Å². The van der Waals surface area contributed by atoms with Gasteiger partial charge in [0.25, 0.3) is 11.8 Å². The van der Waals surface area contributed by atoms with Crippen molar-refractivity contribution in [3.63, 3.8) is 0 Å². The van der Waals surface area contributed by atoms with Crippen LogP contribution in [0.2, 0.25) is 0 Å². The van der Waals surface area contributed by atoms with E-state index in [1.165, 1.54) is 22.5 Å². The van der Waals surface area contributed by atoms with E-state index in [4.69, 9.17) is 0 Å². The van der Waals surface area contributed by atoms with Crippen molar-refractivity contribution in [2.45, 2.75) is 25.3 Å². The highest BCUT2D eigenvalue weighted by Crippen LogP contribution is 2.33. The fraction of sp³-hybridized carbons (Fsp3) is 0.240. The number of fused-ring (bicyclic) bond motifs is 1. The number of pyridine rings is 1. The summed E-state index contributed by atoms with van der Waals surface area (Å²) in [5, 5.41) is 16.4. The average Bonchev–Trinajstić information content (AvgIpc) is 3.57. The third-order valence-electron chi connectivity index (χ3n) is 6.10. The van der Waals surface area contributed by atoms with Gasteiger partial charge in [0.05, 0.1) is 22.1 Å². The van der Waals surface area contributed by atoms with Gasteiger partial charge in [-0.3, -0.25) is 9.59 Å². The zero-order valence-electron chi connectivity index (χ0n) is 18.3. The molecule has 0 saturated carbocycles. The van der Waals surface area contributed by atoms with Gasteiger partial charge in [-0.25, -0.2) is 9.50 Å². The fourth-order valence-electron chi connectivity index (χ4n) is 4.23. The van der Waals surface area contributed by atoms with Crippen molar-refractivity contribution >= 4 is 28.8 Å². The van der Waals surface area contributed by atoms with Gasteiger partial charge in [0.1, 0.15) is 6.33 Å². The van der Waals surface area contributed by atoms with Crippen LogP contribution in [-0.4, -0.2) is 44.4 Å². The summed E-state index contributed by atoms with van der Waals surface area (Å²) in [6, 6.07) is 16.7. The number of rotatable bonds is 5. The lowest BCUT2D eigenvalue weighted by Gasteiger charge is -2.31. The number of likely N-dealkylation sites (tertiary alicyclic amines) is 1. The van der Waals surface area contributed by atoms with Crippen molar-refractivity contribution in [3.05, 3.63) is 87.5 Å². The molecule has 34 heavy (non-hydrogen) atoms. The zero-order valence-corrected chi connectivity index (χ0v) is 19.2. The number of nitrogens with one attached hydrogen (secondary N) is 1. The summed E-state index contributed by atoms with van der Waals surface area (Å²) in [6.45, 7) is 1.67. The van der Waals surface area contributed by atoms with E-state index < -0.39 is 0 Å². The van der Waals surface area contributed by atoms with E-state index in [1.54, 1.807) is 28.8 Å². The van der Waals surface area contributed by atoms with Gasteiger partial charge < -0.3 is 10.2 Å². The molecule has 3 aromatic heterocycles. The Labute approximate surface area is 200 Å². The third kappa shape index (κ3) is 4.40. The molecule has 8 nitrogen and oxygen atoms in total. The number of hydrogen-bond donors (Lipinski definition) is 1. The average molecular weight is 471 g/mol. The van der Waals surface area contributed by atoms with Crippen molar-refractivity contribution < 1.29 is 9.59 Å². The molecule has 0 unspecified atom stereocenters. The van der Waals surface area contributed by atoms with Crippen LogP contribution in [-0.2, 0) is 6.54 Å². The first kappa shape index (κ1) is 21.8. The molecule has 1 aliphatic heterocycles. The number of thiophene rings is 1. The second-order valence-corrected chi connectivity index (χ2v) is 9.32. The minimum absolute atomic E-state index is 0.0917. The monoisotopic (exact) mass is 470 g/mol. The number of carbonyl (C=O) groups is 2. The van der Waals surface area contributed by atoms with Crippen molar-refractivity contribution in [1.82, 2.24) is 24.8 Å². The van der Waals surface area contributed by atoms with Gasteiger partial charge in [-0.2, -0.15) is 10.4 Å². The van der Waals surface area contributed by atoms with E-state index in [2.05, 4.69) is 21.5 Å². The molecule has 1 aliphatic rings. The molecule has 4 aromatic rings. The van der Waals surface area contributed by atoms with Crippen molar-refractivity contribution in [1.29, 1.82) is 5.26 Å². The number of piperidine rings is 1. The van der Waals surface area contributed by atoms with Crippen LogP contribution in [0.15, 0.2) is 61.1 Å². The van der Waals surface area contributed by atoms with Gasteiger partial charge in [-0.15, -0.1) is 11.3 Å². The number of nitriles is 1. The summed E-state index contributed by atoms with van der Waals surface area (Å²) in [7, 11) is 0. The highest BCUT2D eigenvalue weighted by Gasteiger charge is 2.27. The minimum Gasteiger partial charge on any atom is -0.347 e. The van der Waals surface area contributed by atoms with E-state index in [1.807, 2.05) is 35.4 Å². The van der Waals surface area contributed by atoms with Gasteiger partial charge in [-0.05, 0) is 54.7 Å².